The lowest BCUT2D eigenvalue weighted by molar-refractivity contribution is 0.644. The molecule has 84 valence electrons. The molecule has 2 heterocycles. The van der Waals surface area contributed by atoms with Gasteiger partial charge in [-0.1, -0.05) is 6.92 Å². The Morgan fingerprint density at radius 1 is 1.31 bits per heavy atom. The predicted molar refractivity (Wildman–Crippen MR) is 65.1 cm³/mol. The van der Waals surface area contributed by atoms with Crippen LogP contribution in [0.4, 0.5) is 0 Å². The quantitative estimate of drug-likeness (QED) is 0.808. The molecule has 0 aliphatic rings. The standard InChI is InChI=1S/C11H13BrN4/c1-2-4-16-5-3-13-11(16)7-9-6-10(12)15-8-14-9/h3,5-6,8H,2,4,7H2,1H3. The fraction of sp³-hybridized carbons (Fsp3) is 0.364. The second-order valence-corrected chi connectivity index (χ2v) is 4.36. The van der Waals surface area contributed by atoms with Crippen molar-refractivity contribution in [3.05, 3.63) is 40.9 Å². The third kappa shape index (κ3) is 2.66. The average molecular weight is 281 g/mol. The Kier molecular flexibility index (Phi) is 3.66. The summed E-state index contributed by atoms with van der Waals surface area (Å²) in [7, 11) is 0. The zero-order valence-corrected chi connectivity index (χ0v) is 10.7. The van der Waals surface area contributed by atoms with Crippen molar-refractivity contribution >= 4 is 15.9 Å². The largest absolute Gasteiger partial charge is 0.335 e. The van der Waals surface area contributed by atoms with Crippen LogP contribution in [0.1, 0.15) is 24.9 Å². The number of imidazole rings is 1. The van der Waals surface area contributed by atoms with Crippen LogP contribution in [0.5, 0.6) is 0 Å². The molecule has 0 bridgehead atoms. The Hall–Kier alpha value is -1.23. The van der Waals surface area contributed by atoms with E-state index in [1.54, 1.807) is 6.33 Å². The Morgan fingerprint density at radius 2 is 2.19 bits per heavy atom. The molecule has 0 amide bonds. The van der Waals surface area contributed by atoms with Gasteiger partial charge in [-0.15, -0.1) is 0 Å². The summed E-state index contributed by atoms with van der Waals surface area (Å²) < 4.78 is 2.97. The van der Waals surface area contributed by atoms with Gasteiger partial charge < -0.3 is 4.57 Å². The van der Waals surface area contributed by atoms with Crippen LogP contribution in [0.15, 0.2) is 29.4 Å². The van der Waals surface area contributed by atoms with E-state index in [2.05, 4.69) is 42.4 Å². The Labute approximate surface area is 103 Å². The van der Waals surface area contributed by atoms with Crippen molar-refractivity contribution in [2.45, 2.75) is 26.3 Å². The normalized spacial score (nSPS) is 10.6. The Morgan fingerprint density at radius 3 is 2.94 bits per heavy atom. The molecule has 0 N–H and O–H groups in total. The van der Waals surface area contributed by atoms with Gasteiger partial charge in [0.1, 0.15) is 16.8 Å². The van der Waals surface area contributed by atoms with E-state index < -0.39 is 0 Å². The van der Waals surface area contributed by atoms with Gasteiger partial charge in [0, 0.05) is 25.4 Å². The molecule has 0 aliphatic heterocycles. The van der Waals surface area contributed by atoms with Crippen molar-refractivity contribution < 1.29 is 0 Å². The van der Waals surface area contributed by atoms with Gasteiger partial charge in [0.05, 0.1) is 5.69 Å². The Bertz CT molecular complexity index is 467. The predicted octanol–water partition coefficient (Wildman–Crippen LogP) is 2.44. The molecule has 0 spiro atoms. The van der Waals surface area contributed by atoms with Crippen LogP contribution in [-0.4, -0.2) is 19.5 Å². The summed E-state index contributed by atoms with van der Waals surface area (Å²) in [5.74, 6) is 1.05. The molecule has 2 aromatic rings. The summed E-state index contributed by atoms with van der Waals surface area (Å²) >= 11 is 3.34. The SMILES string of the molecule is CCCn1ccnc1Cc1cc(Br)ncn1. The highest BCUT2D eigenvalue weighted by molar-refractivity contribution is 9.10. The lowest BCUT2D eigenvalue weighted by Crippen LogP contribution is -2.04. The maximum Gasteiger partial charge on any atom is 0.116 e. The van der Waals surface area contributed by atoms with Crippen LogP contribution >= 0.6 is 15.9 Å². The van der Waals surface area contributed by atoms with Crippen LogP contribution in [-0.2, 0) is 13.0 Å². The van der Waals surface area contributed by atoms with Gasteiger partial charge in [0.2, 0.25) is 0 Å². The number of halogens is 1. The van der Waals surface area contributed by atoms with Crippen LogP contribution in [0.2, 0.25) is 0 Å². The fourth-order valence-electron chi connectivity index (χ4n) is 1.58. The fourth-order valence-corrected chi connectivity index (χ4v) is 1.94. The first-order valence-corrected chi connectivity index (χ1v) is 6.05. The third-order valence-corrected chi connectivity index (χ3v) is 2.73. The zero-order valence-electron chi connectivity index (χ0n) is 9.10. The van der Waals surface area contributed by atoms with E-state index in [1.165, 1.54) is 0 Å². The van der Waals surface area contributed by atoms with Gasteiger partial charge >= 0.3 is 0 Å². The molecule has 4 nitrogen and oxygen atoms in total. The molecule has 2 aromatic heterocycles. The first-order chi connectivity index (χ1) is 7.79. The molecular weight excluding hydrogens is 268 g/mol. The summed E-state index contributed by atoms with van der Waals surface area (Å²) in [4.78, 5) is 12.6. The van der Waals surface area contributed by atoms with Crippen LogP contribution in [0.3, 0.4) is 0 Å². The van der Waals surface area contributed by atoms with E-state index in [4.69, 9.17) is 0 Å². The van der Waals surface area contributed by atoms with E-state index >= 15 is 0 Å². The highest BCUT2D eigenvalue weighted by Gasteiger charge is 2.05. The first-order valence-electron chi connectivity index (χ1n) is 5.26. The van der Waals surface area contributed by atoms with Crippen LogP contribution in [0, 0.1) is 0 Å². The summed E-state index contributed by atoms with van der Waals surface area (Å²) in [6.45, 7) is 3.16. The minimum absolute atomic E-state index is 0.744. The molecule has 0 aliphatic carbocycles. The number of nitrogens with zero attached hydrogens (tertiary/aromatic N) is 4. The lowest BCUT2D eigenvalue weighted by atomic mass is 10.3. The first kappa shape index (κ1) is 11.3. The van der Waals surface area contributed by atoms with E-state index in [0.29, 0.717) is 0 Å². The molecule has 2 rings (SSSR count). The van der Waals surface area contributed by atoms with E-state index in [9.17, 15) is 0 Å². The average Bonchev–Trinajstić information content (AvgIpc) is 2.66. The second-order valence-electron chi connectivity index (χ2n) is 3.55. The summed E-state index contributed by atoms with van der Waals surface area (Å²) in [6, 6.07) is 1.92. The van der Waals surface area contributed by atoms with Crippen molar-refractivity contribution in [3.8, 4) is 0 Å². The van der Waals surface area contributed by atoms with Crippen molar-refractivity contribution in [1.82, 2.24) is 19.5 Å². The monoisotopic (exact) mass is 280 g/mol. The molecule has 0 unspecified atom stereocenters. The molecule has 0 atom stereocenters. The smallest absolute Gasteiger partial charge is 0.116 e. The Balaban J connectivity index is 2.17. The molecule has 16 heavy (non-hydrogen) atoms. The minimum atomic E-state index is 0.744. The molecule has 0 aromatic carbocycles. The highest BCUT2D eigenvalue weighted by atomic mass is 79.9. The summed E-state index contributed by atoms with van der Waals surface area (Å²) in [6.07, 6.45) is 7.26. The van der Waals surface area contributed by atoms with Crippen molar-refractivity contribution in [1.29, 1.82) is 0 Å². The number of hydrogen-bond acceptors (Lipinski definition) is 3. The second kappa shape index (κ2) is 5.21. The number of hydrogen-bond donors (Lipinski definition) is 0. The van der Waals surface area contributed by atoms with Crippen molar-refractivity contribution in [2.24, 2.45) is 0 Å². The summed E-state index contributed by atoms with van der Waals surface area (Å²) in [5.41, 5.74) is 0.977. The van der Waals surface area contributed by atoms with E-state index in [-0.39, 0.29) is 0 Å². The molecular formula is C11H13BrN4. The van der Waals surface area contributed by atoms with Gasteiger partial charge in [0.25, 0.3) is 0 Å². The van der Waals surface area contributed by atoms with Gasteiger partial charge in [-0.05, 0) is 28.4 Å². The zero-order chi connectivity index (χ0) is 11.4. The van der Waals surface area contributed by atoms with E-state index in [0.717, 1.165) is 35.5 Å². The number of rotatable bonds is 4. The number of aromatic nitrogens is 4. The minimum Gasteiger partial charge on any atom is -0.335 e. The van der Waals surface area contributed by atoms with Gasteiger partial charge in [-0.2, -0.15) is 0 Å². The maximum absolute atomic E-state index is 4.35. The topological polar surface area (TPSA) is 43.6 Å². The number of aryl methyl sites for hydroxylation is 1. The van der Waals surface area contributed by atoms with Crippen molar-refractivity contribution in [2.75, 3.05) is 0 Å². The van der Waals surface area contributed by atoms with E-state index in [1.807, 2.05) is 18.5 Å². The molecule has 0 saturated heterocycles. The molecule has 0 radical (unpaired) electrons. The molecule has 0 fully saturated rings. The van der Waals surface area contributed by atoms with Crippen LogP contribution < -0.4 is 0 Å². The molecule has 0 saturated carbocycles. The van der Waals surface area contributed by atoms with Gasteiger partial charge in [-0.25, -0.2) is 15.0 Å². The van der Waals surface area contributed by atoms with Gasteiger partial charge in [-0.3, -0.25) is 0 Å². The highest BCUT2D eigenvalue weighted by Crippen LogP contribution is 2.10. The van der Waals surface area contributed by atoms with Gasteiger partial charge in [0.15, 0.2) is 0 Å². The third-order valence-electron chi connectivity index (χ3n) is 2.30. The maximum atomic E-state index is 4.35. The molecule has 5 heteroatoms. The van der Waals surface area contributed by atoms with Crippen molar-refractivity contribution in [3.63, 3.8) is 0 Å². The van der Waals surface area contributed by atoms with Crippen LogP contribution in [0.25, 0.3) is 0 Å². The summed E-state index contributed by atoms with van der Waals surface area (Å²) in [5, 5.41) is 0. The lowest BCUT2D eigenvalue weighted by Gasteiger charge is -2.05.